The number of aryl methyl sites for hydroxylation is 1. The topological polar surface area (TPSA) is 81.0 Å². The van der Waals surface area contributed by atoms with Crippen molar-refractivity contribution < 1.29 is 14.3 Å². The fourth-order valence-electron chi connectivity index (χ4n) is 7.03. The van der Waals surface area contributed by atoms with Gasteiger partial charge in [-0.3, -0.25) is 4.79 Å². The summed E-state index contributed by atoms with van der Waals surface area (Å²) in [5.74, 6) is 1.06. The summed E-state index contributed by atoms with van der Waals surface area (Å²) in [7, 11) is 0. The number of carbonyl (C=O) groups is 1. The summed E-state index contributed by atoms with van der Waals surface area (Å²) in [6.07, 6.45) is 6.57. The number of rotatable bonds is 8. The Hall–Kier alpha value is -2.97. The van der Waals surface area contributed by atoms with Crippen LogP contribution in [0.2, 0.25) is 0 Å². The number of carbonyl (C=O) groups excluding carboxylic acids is 1. The lowest BCUT2D eigenvalue weighted by atomic mass is 9.68. The molecule has 1 aromatic carbocycles. The van der Waals surface area contributed by atoms with Gasteiger partial charge in [0.1, 0.15) is 5.60 Å². The molecule has 2 aromatic heterocycles. The Balaban J connectivity index is 1.13. The predicted octanol–water partition coefficient (Wildman–Crippen LogP) is 3.90. The molecular formula is C30H37N5O3. The van der Waals surface area contributed by atoms with Crippen LogP contribution in [0, 0.1) is 12.8 Å². The summed E-state index contributed by atoms with van der Waals surface area (Å²) in [4.78, 5) is 19.7. The first-order valence-corrected chi connectivity index (χ1v) is 14.1. The molecule has 0 amide bonds. The average molecular weight is 516 g/mol. The quantitative estimate of drug-likeness (QED) is 0.456. The summed E-state index contributed by atoms with van der Waals surface area (Å²) in [5, 5.41) is 8.82. The van der Waals surface area contributed by atoms with Gasteiger partial charge >= 0.3 is 5.97 Å². The molecule has 8 nitrogen and oxygen atoms in total. The van der Waals surface area contributed by atoms with Crippen molar-refractivity contribution in [3.05, 3.63) is 59.5 Å². The van der Waals surface area contributed by atoms with Crippen LogP contribution in [0.15, 0.2) is 42.6 Å². The molecule has 5 aliphatic rings. The molecule has 4 atom stereocenters. The van der Waals surface area contributed by atoms with E-state index >= 15 is 0 Å². The number of hydrogen-bond acceptors (Lipinski definition) is 7. The van der Waals surface area contributed by atoms with Crippen molar-refractivity contribution in [3.8, 4) is 0 Å². The van der Waals surface area contributed by atoms with E-state index in [1.54, 1.807) is 0 Å². The number of aromatic nitrogens is 3. The SMILES string of the molecule is CCOC(=O)CC1(NC2C3COC2(c2nc4c(C)cc(N5CC[C@](C)(c6ccccc6)C5)cn4n2)C3)CC1. The van der Waals surface area contributed by atoms with Gasteiger partial charge in [0.05, 0.1) is 31.5 Å². The second-order valence-corrected chi connectivity index (χ2v) is 12.2. The number of benzene rings is 1. The molecule has 2 aliphatic carbocycles. The molecule has 2 saturated carbocycles. The highest BCUT2D eigenvalue weighted by molar-refractivity contribution is 5.71. The minimum absolute atomic E-state index is 0.126. The minimum Gasteiger partial charge on any atom is -0.466 e. The molecule has 3 saturated heterocycles. The highest BCUT2D eigenvalue weighted by Gasteiger charge is 2.66. The number of hydrogen-bond donors (Lipinski definition) is 1. The van der Waals surface area contributed by atoms with Gasteiger partial charge in [0.2, 0.25) is 0 Å². The zero-order valence-electron chi connectivity index (χ0n) is 22.6. The van der Waals surface area contributed by atoms with E-state index in [0.29, 0.717) is 25.6 Å². The Bertz CT molecular complexity index is 1380. The van der Waals surface area contributed by atoms with Gasteiger partial charge in [-0.15, -0.1) is 5.10 Å². The maximum Gasteiger partial charge on any atom is 0.307 e. The van der Waals surface area contributed by atoms with Crippen molar-refractivity contribution in [3.63, 3.8) is 0 Å². The number of nitrogens with one attached hydrogen (secondary N) is 1. The molecule has 2 bridgehead atoms. The number of pyridine rings is 1. The predicted molar refractivity (Wildman–Crippen MR) is 144 cm³/mol. The molecule has 1 N–H and O–H groups in total. The van der Waals surface area contributed by atoms with Gasteiger partial charge in [0.15, 0.2) is 11.5 Å². The molecule has 5 heterocycles. The van der Waals surface area contributed by atoms with E-state index < -0.39 is 5.60 Å². The van der Waals surface area contributed by atoms with Crippen LogP contribution >= 0.6 is 0 Å². The molecule has 3 aliphatic heterocycles. The second kappa shape index (κ2) is 8.52. The number of esters is 1. The van der Waals surface area contributed by atoms with Crippen molar-refractivity contribution in [1.82, 2.24) is 19.9 Å². The smallest absolute Gasteiger partial charge is 0.307 e. The normalized spacial score (nSPS) is 31.0. The minimum atomic E-state index is -0.521. The third-order valence-electron chi connectivity index (χ3n) is 9.49. The van der Waals surface area contributed by atoms with Gasteiger partial charge in [-0.2, -0.15) is 0 Å². The summed E-state index contributed by atoms with van der Waals surface area (Å²) in [6.45, 7) is 9.46. The standard InChI is InChI=1S/C30H37N5O3/c1-4-37-24(36)16-29(10-11-29)32-25-21-15-30(25,38-18-21)27-31-26-20(2)14-23(17-35(26)33-27)34-13-12-28(3,19-34)22-8-6-5-7-9-22/h5-9,14,17,21,25,32H,4,10-13,15-16,18-19H2,1-3H3/t21?,25?,28-,30?/m0/s1. The molecule has 3 unspecified atom stereocenters. The fraction of sp³-hybridized carbons (Fsp3) is 0.567. The maximum absolute atomic E-state index is 12.2. The highest BCUT2D eigenvalue weighted by atomic mass is 16.5. The van der Waals surface area contributed by atoms with Crippen molar-refractivity contribution in [1.29, 1.82) is 0 Å². The molecular weight excluding hydrogens is 478 g/mol. The van der Waals surface area contributed by atoms with Crippen LogP contribution in [0.5, 0.6) is 0 Å². The van der Waals surface area contributed by atoms with E-state index in [0.717, 1.165) is 55.8 Å². The van der Waals surface area contributed by atoms with Gasteiger partial charge in [0.25, 0.3) is 0 Å². The molecule has 0 spiro atoms. The van der Waals surface area contributed by atoms with Crippen LogP contribution in [-0.2, 0) is 25.3 Å². The fourth-order valence-corrected chi connectivity index (χ4v) is 7.03. The van der Waals surface area contributed by atoms with E-state index in [9.17, 15) is 4.79 Å². The third kappa shape index (κ3) is 3.75. The Morgan fingerprint density at radius 3 is 2.79 bits per heavy atom. The number of ether oxygens (including phenoxy) is 2. The summed E-state index contributed by atoms with van der Waals surface area (Å²) in [5.41, 5.74) is 4.03. The second-order valence-electron chi connectivity index (χ2n) is 12.2. The number of anilines is 1. The molecule has 3 aromatic rings. The van der Waals surface area contributed by atoms with Crippen LogP contribution in [0.4, 0.5) is 5.69 Å². The lowest BCUT2D eigenvalue weighted by Gasteiger charge is -2.45. The van der Waals surface area contributed by atoms with E-state index in [1.807, 2.05) is 11.4 Å². The molecule has 200 valence electrons. The summed E-state index contributed by atoms with van der Waals surface area (Å²) >= 11 is 0. The first-order valence-electron chi connectivity index (χ1n) is 14.1. The van der Waals surface area contributed by atoms with E-state index in [4.69, 9.17) is 19.6 Å². The molecule has 38 heavy (non-hydrogen) atoms. The zero-order valence-corrected chi connectivity index (χ0v) is 22.6. The van der Waals surface area contributed by atoms with Crippen molar-refractivity contribution in [2.24, 2.45) is 5.92 Å². The molecule has 5 fully saturated rings. The monoisotopic (exact) mass is 515 g/mol. The van der Waals surface area contributed by atoms with Crippen LogP contribution < -0.4 is 10.2 Å². The largest absolute Gasteiger partial charge is 0.466 e. The lowest BCUT2D eigenvalue weighted by molar-refractivity contribution is -0.144. The van der Waals surface area contributed by atoms with Gasteiger partial charge < -0.3 is 19.7 Å². The van der Waals surface area contributed by atoms with Crippen LogP contribution in [0.1, 0.15) is 62.9 Å². The first kappa shape index (κ1) is 24.1. The van der Waals surface area contributed by atoms with Gasteiger partial charge in [-0.05, 0) is 56.7 Å². The highest BCUT2D eigenvalue weighted by Crippen LogP contribution is 2.56. The van der Waals surface area contributed by atoms with Crippen LogP contribution in [0.3, 0.4) is 0 Å². The van der Waals surface area contributed by atoms with Gasteiger partial charge in [-0.25, -0.2) is 9.50 Å². The Kier molecular flexibility index (Phi) is 5.40. The third-order valence-corrected chi connectivity index (χ3v) is 9.49. The van der Waals surface area contributed by atoms with Gasteiger partial charge in [-0.1, -0.05) is 37.3 Å². The van der Waals surface area contributed by atoms with Crippen molar-refractivity contribution in [2.45, 2.75) is 75.5 Å². The first-order chi connectivity index (χ1) is 18.3. The summed E-state index contributed by atoms with van der Waals surface area (Å²) in [6, 6.07) is 13.2. The molecule has 8 rings (SSSR count). The van der Waals surface area contributed by atoms with E-state index in [-0.39, 0.29) is 23.0 Å². The Morgan fingerprint density at radius 2 is 2.05 bits per heavy atom. The van der Waals surface area contributed by atoms with Crippen molar-refractivity contribution in [2.75, 3.05) is 31.2 Å². The zero-order chi connectivity index (χ0) is 26.1. The number of nitrogens with zero attached hydrogens (tertiary/aromatic N) is 4. The van der Waals surface area contributed by atoms with E-state index in [1.165, 1.54) is 11.3 Å². The van der Waals surface area contributed by atoms with Crippen LogP contribution in [0.25, 0.3) is 5.65 Å². The Morgan fingerprint density at radius 1 is 1.24 bits per heavy atom. The average Bonchev–Trinajstić information content (AvgIpc) is 3.33. The summed E-state index contributed by atoms with van der Waals surface area (Å²) < 4.78 is 13.6. The lowest BCUT2D eigenvalue weighted by Crippen LogP contribution is -2.61. The van der Waals surface area contributed by atoms with E-state index in [2.05, 4.69) is 66.7 Å². The van der Waals surface area contributed by atoms with Crippen LogP contribution in [-0.4, -0.2) is 58.5 Å². The van der Waals surface area contributed by atoms with Crippen molar-refractivity contribution >= 4 is 17.3 Å². The van der Waals surface area contributed by atoms with Gasteiger partial charge in [0, 0.05) is 36.0 Å². The molecule has 8 heteroatoms. The Labute approximate surface area is 223 Å². The molecule has 0 radical (unpaired) electrons. The number of fused-ring (bicyclic) bond motifs is 2. The maximum atomic E-state index is 12.2.